The second-order valence-electron chi connectivity index (χ2n) is 5.02. The SMILES string of the molecule is OC1CCNC(c2cc(-c3cccc(Cl)c3)ncn2)C1. The molecule has 1 fully saturated rings. The number of nitrogens with one attached hydrogen (secondary N) is 1. The second kappa shape index (κ2) is 5.87. The molecule has 2 unspecified atom stereocenters. The maximum atomic E-state index is 9.76. The summed E-state index contributed by atoms with van der Waals surface area (Å²) in [5.74, 6) is 0. The van der Waals surface area contributed by atoms with Crippen LogP contribution in [0.3, 0.4) is 0 Å². The Morgan fingerprint density at radius 3 is 2.95 bits per heavy atom. The molecule has 2 atom stereocenters. The molecule has 1 aromatic carbocycles. The first-order chi connectivity index (χ1) is 9.72. The first-order valence-corrected chi connectivity index (χ1v) is 7.09. The van der Waals surface area contributed by atoms with Crippen LogP contribution in [0.4, 0.5) is 0 Å². The summed E-state index contributed by atoms with van der Waals surface area (Å²) in [7, 11) is 0. The van der Waals surface area contributed by atoms with Crippen molar-refractivity contribution >= 4 is 11.6 Å². The molecular weight excluding hydrogens is 274 g/mol. The first kappa shape index (κ1) is 13.5. The minimum absolute atomic E-state index is 0.0830. The molecule has 104 valence electrons. The fourth-order valence-corrected chi connectivity index (χ4v) is 2.68. The zero-order valence-corrected chi connectivity index (χ0v) is 11.7. The van der Waals surface area contributed by atoms with Crippen molar-refractivity contribution in [3.8, 4) is 11.3 Å². The van der Waals surface area contributed by atoms with Crippen LogP contribution in [0.15, 0.2) is 36.7 Å². The van der Waals surface area contributed by atoms with Crippen LogP contribution in [0.2, 0.25) is 5.02 Å². The smallest absolute Gasteiger partial charge is 0.116 e. The normalized spacial score (nSPS) is 22.7. The van der Waals surface area contributed by atoms with E-state index in [4.69, 9.17) is 11.6 Å². The molecular formula is C15H16ClN3O. The van der Waals surface area contributed by atoms with Crippen LogP contribution in [0.25, 0.3) is 11.3 Å². The van der Waals surface area contributed by atoms with E-state index in [9.17, 15) is 5.11 Å². The minimum atomic E-state index is -0.258. The van der Waals surface area contributed by atoms with Crippen molar-refractivity contribution in [2.75, 3.05) is 6.54 Å². The molecule has 1 aliphatic rings. The third-order valence-electron chi connectivity index (χ3n) is 3.54. The van der Waals surface area contributed by atoms with E-state index in [1.54, 1.807) is 6.33 Å². The molecule has 4 nitrogen and oxygen atoms in total. The van der Waals surface area contributed by atoms with E-state index in [1.807, 2.05) is 30.3 Å². The molecule has 5 heteroatoms. The Balaban J connectivity index is 1.89. The summed E-state index contributed by atoms with van der Waals surface area (Å²) in [5, 5.41) is 13.8. The standard InChI is InChI=1S/C15H16ClN3O/c16-11-3-1-2-10(6-11)13-8-15(19-9-18-13)14-7-12(20)4-5-17-14/h1-3,6,8-9,12,14,17,20H,4-5,7H2. The summed E-state index contributed by atoms with van der Waals surface area (Å²) in [4.78, 5) is 8.63. The summed E-state index contributed by atoms with van der Waals surface area (Å²) in [6.07, 6.45) is 2.79. The summed E-state index contributed by atoms with van der Waals surface area (Å²) in [6.45, 7) is 0.808. The average Bonchev–Trinajstić information content (AvgIpc) is 2.47. The van der Waals surface area contributed by atoms with Gasteiger partial charge in [-0.3, -0.25) is 0 Å². The Kier molecular flexibility index (Phi) is 3.96. The van der Waals surface area contributed by atoms with Gasteiger partial charge in [0, 0.05) is 10.6 Å². The quantitative estimate of drug-likeness (QED) is 0.892. The molecule has 0 saturated carbocycles. The minimum Gasteiger partial charge on any atom is -0.393 e. The van der Waals surface area contributed by atoms with E-state index >= 15 is 0 Å². The van der Waals surface area contributed by atoms with Crippen molar-refractivity contribution < 1.29 is 5.11 Å². The highest BCUT2D eigenvalue weighted by atomic mass is 35.5. The lowest BCUT2D eigenvalue weighted by molar-refractivity contribution is 0.116. The Labute approximate surface area is 122 Å². The van der Waals surface area contributed by atoms with Gasteiger partial charge >= 0.3 is 0 Å². The van der Waals surface area contributed by atoms with E-state index in [0.29, 0.717) is 11.4 Å². The van der Waals surface area contributed by atoms with Crippen molar-refractivity contribution in [3.63, 3.8) is 0 Å². The molecule has 0 amide bonds. The van der Waals surface area contributed by atoms with E-state index in [2.05, 4.69) is 15.3 Å². The third kappa shape index (κ3) is 2.98. The molecule has 1 aromatic heterocycles. The molecule has 0 bridgehead atoms. The zero-order chi connectivity index (χ0) is 13.9. The van der Waals surface area contributed by atoms with Crippen LogP contribution in [0.1, 0.15) is 24.6 Å². The lowest BCUT2D eigenvalue weighted by Gasteiger charge is -2.26. The van der Waals surface area contributed by atoms with E-state index < -0.39 is 0 Å². The summed E-state index contributed by atoms with van der Waals surface area (Å²) in [5.41, 5.74) is 2.73. The van der Waals surface area contributed by atoms with E-state index in [1.165, 1.54) is 0 Å². The highest BCUT2D eigenvalue weighted by Gasteiger charge is 2.22. The van der Waals surface area contributed by atoms with Gasteiger partial charge in [-0.15, -0.1) is 0 Å². The van der Waals surface area contributed by atoms with Gasteiger partial charge in [0.1, 0.15) is 6.33 Å². The van der Waals surface area contributed by atoms with E-state index in [-0.39, 0.29) is 12.1 Å². The van der Waals surface area contributed by atoms with Gasteiger partial charge in [-0.25, -0.2) is 9.97 Å². The van der Waals surface area contributed by atoms with Crippen molar-refractivity contribution in [3.05, 3.63) is 47.4 Å². The zero-order valence-electron chi connectivity index (χ0n) is 11.0. The maximum Gasteiger partial charge on any atom is 0.116 e. The van der Waals surface area contributed by atoms with Gasteiger partial charge in [-0.05, 0) is 37.6 Å². The van der Waals surface area contributed by atoms with Gasteiger partial charge in [-0.1, -0.05) is 23.7 Å². The number of aliphatic hydroxyl groups excluding tert-OH is 1. The van der Waals surface area contributed by atoms with Gasteiger partial charge in [0.25, 0.3) is 0 Å². The summed E-state index contributed by atoms with van der Waals surface area (Å²) < 4.78 is 0. The maximum absolute atomic E-state index is 9.76. The van der Waals surface area contributed by atoms with Crippen molar-refractivity contribution in [2.45, 2.75) is 25.0 Å². The Morgan fingerprint density at radius 1 is 1.25 bits per heavy atom. The third-order valence-corrected chi connectivity index (χ3v) is 3.78. The number of hydrogen-bond acceptors (Lipinski definition) is 4. The number of aliphatic hydroxyl groups is 1. The number of halogens is 1. The fraction of sp³-hybridized carbons (Fsp3) is 0.333. The van der Waals surface area contributed by atoms with Crippen LogP contribution >= 0.6 is 11.6 Å². The largest absolute Gasteiger partial charge is 0.393 e. The highest BCUT2D eigenvalue weighted by Crippen LogP contribution is 2.26. The number of aromatic nitrogens is 2. The number of hydrogen-bond donors (Lipinski definition) is 2. The van der Waals surface area contributed by atoms with Crippen LogP contribution in [-0.2, 0) is 0 Å². The van der Waals surface area contributed by atoms with Gasteiger partial charge in [0.2, 0.25) is 0 Å². The molecule has 1 saturated heterocycles. The lowest BCUT2D eigenvalue weighted by atomic mass is 9.98. The average molecular weight is 290 g/mol. The van der Waals surface area contributed by atoms with Crippen molar-refractivity contribution in [1.29, 1.82) is 0 Å². The molecule has 20 heavy (non-hydrogen) atoms. The first-order valence-electron chi connectivity index (χ1n) is 6.72. The molecule has 0 radical (unpaired) electrons. The molecule has 1 aliphatic heterocycles. The Morgan fingerprint density at radius 2 is 2.15 bits per heavy atom. The van der Waals surface area contributed by atoms with Crippen LogP contribution in [-0.4, -0.2) is 27.7 Å². The summed E-state index contributed by atoms with van der Waals surface area (Å²) >= 11 is 6.01. The van der Waals surface area contributed by atoms with Crippen LogP contribution < -0.4 is 5.32 Å². The van der Waals surface area contributed by atoms with Gasteiger partial charge in [-0.2, -0.15) is 0 Å². The predicted octanol–water partition coefficient (Wildman–Crippen LogP) is 2.58. The topological polar surface area (TPSA) is 58.0 Å². The highest BCUT2D eigenvalue weighted by molar-refractivity contribution is 6.30. The number of nitrogens with zero attached hydrogens (tertiary/aromatic N) is 2. The van der Waals surface area contributed by atoms with Gasteiger partial charge in [0.15, 0.2) is 0 Å². The molecule has 2 aromatic rings. The molecule has 2 N–H and O–H groups in total. The molecule has 0 aliphatic carbocycles. The molecule has 0 spiro atoms. The fourth-order valence-electron chi connectivity index (χ4n) is 2.49. The van der Waals surface area contributed by atoms with Crippen LogP contribution in [0.5, 0.6) is 0 Å². The lowest BCUT2D eigenvalue weighted by Crippen LogP contribution is -2.34. The van der Waals surface area contributed by atoms with Crippen molar-refractivity contribution in [1.82, 2.24) is 15.3 Å². The molecule has 3 rings (SSSR count). The summed E-state index contributed by atoms with van der Waals surface area (Å²) in [6, 6.07) is 9.65. The second-order valence-corrected chi connectivity index (χ2v) is 5.46. The van der Waals surface area contributed by atoms with Gasteiger partial charge < -0.3 is 10.4 Å². The van der Waals surface area contributed by atoms with E-state index in [0.717, 1.165) is 29.9 Å². The Bertz CT molecular complexity index is 605. The number of benzene rings is 1. The molecule has 2 heterocycles. The van der Waals surface area contributed by atoms with Crippen LogP contribution in [0, 0.1) is 0 Å². The predicted molar refractivity (Wildman–Crippen MR) is 78.5 cm³/mol. The monoisotopic (exact) mass is 289 g/mol. The number of rotatable bonds is 2. The Hall–Kier alpha value is -1.49. The van der Waals surface area contributed by atoms with Crippen molar-refractivity contribution in [2.24, 2.45) is 0 Å². The number of piperidine rings is 1. The van der Waals surface area contributed by atoms with Gasteiger partial charge in [0.05, 0.1) is 23.5 Å².